The molecule has 0 aliphatic carbocycles. The molecule has 0 spiro atoms. The van der Waals surface area contributed by atoms with Gasteiger partial charge in [0, 0.05) is 26.2 Å². The molecule has 16 heavy (non-hydrogen) atoms. The summed E-state index contributed by atoms with van der Waals surface area (Å²) in [5, 5.41) is 8.03. The second kappa shape index (κ2) is 3.75. The average molecular weight is 221 g/mol. The van der Waals surface area contributed by atoms with Gasteiger partial charge in [0.05, 0.1) is 5.39 Å². The van der Waals surface area contributed by atoms with Gasteiger partial charge in [-0.05, 0) is 18.2 Å². The quantitative estimate of drug-likeness (QED) is 0.789. The lowest BCUT2D eigenvalue weighted by atomic mass is 10.2. The van der Waals surface area contributed by atoms with Crippen LogP contribution >= 0.6 is 0 Å². The van der Waals surface area contributed by atoms with Gasteiger partial charge in [0.25, 0.3) is 0 Å². The highest BCUT2D eigenvalue weighted by Gasteiger charge is 2.17. The van der Waals surface area contributed by atoms with E-state index in [1.807, 2.05) is 0 Å². The molecule has 2 aromatic rings. The molecule has 3 rings (SSSR count). The fourth-order valence-corrected chi connectivity index (χ4v) is 2.00. The normalized spacial score (nSPS) is 16.9. The molecule has 5 heteroatoms. The maximum Gasteiger partial charge on any atom is 0.180 e. The minimum atomic E-state index is -0.257. The molecule has 0 atom stereocenters. The van der Waals surface area contributed by atoms with E-state index in [-0.39, 0.29) is 5.82 Å². The van der Waals surface area contributed by atoms with Crippen LogP contribution in [0.2, 0.25) is 0 Å². The summed E-state index contributed by atoms with van der Waals surface area (Å²) in [7, 11) is 0. The minimum Gasteiger partial charge on any atom is -0.354 e. The number of hydrogen-bond donors (Lipinski definition) is 1. The van der Waals surface area contributed by atoms with Crippen molar-refractivity contribution in [2.45, 2.75) is 0 Å². The van der Waals surface area contributed by atoms with Crippen LogP contribution in [0.1, 0.15) is 0 Å². The minimum absolute atomic E-state index is 0.257. The van der Waals surface area contributed by atoms with E-state index in [0.717, 1.165) is 37.4 Å². The number of aromatic nitrogens is 1. The Hall–Kier alpha value is -1.62. The van der Waals surface area contributed by atoms with Gasteiger partial charge in [-0.1, -0.05) is 5.16 Å². The molecule has 1 aliphatic heterocycles. The summed E-state index contributed by atoms with van der Waals surface area (Å²) < 4.78 is 18.3. The van der Waals surface area contributed by atoms with Gasteiger partial charge in [0.1, 0.15) is 5.82 Å². The number of anilines is 1. The van der Waals surface area contributed by atoms with E-state index in [4.69, 9.17) is 4.52 Å². The summed E-state index contributed by atoms with van der Waals surface area (Å²) in [5.74, 6) is 0.489. The van der Waals surface area contributed by atoms with Crippen LogP contribution in [0.4, 0.5) is 10.2 Å². The Kier molecular flexibility index (Phi) is 2.25. The van der Waals surface area contributed by atoms with Gasteiger partial charge >= 0.3 is 0 Å². The molecule has 2 heterocycles. The van der Waals surface area contributed by atoms with E-state index in [9.17, 15) is 4.39 Å². The van der Waals surface area contributed by atoms with Crippen molar-refractivity contribution in [3.63, 3.8) is 0 Å². The number of nitrogens with zero attached hydrogens (tertiary/aromatic N) is 2. The van der Waals surface area contributed by atoms with Crippen LogP contribution in [0.25, 0.3) is 11.0 Å². The molecule has 1 aromatic heterocycles. The summed E-state index contributed by atoms with van der Waals surface area (Å²) in [6.45, 7) is 3.59. The predicted molar refractivity (Wildman–Crippen MR) is 59.0 cm³/mol. The van der Waals surface area contributed by atoms with Gasteiger partial charge in [-0.25, -0.2) is 4.39 Å². The van der Waals surface area contributed by atoms with E-state index in [2.05, 4.69) is 15.4 Å². The molecule has 1 saturated heterocycles. The standard InChI is InChI=1S/C11H12FN3O/c12-8-1-2-10-9(7-8)11(14-16-10)15-5-3-13-4-6-15/h1-2,7,13H,3-6H2. The third kappa shape index (κ3) is 1.53. The Bertz CT molecular complexity index is 505. The second-order valence-electron chi connectivity index (χ2n) is 3.88. The van der Waals surface area contributed by atoms with Crippen molar-refractivity contribution < 1.29 is 8.91 Å². The van der Waals surface area contributed by atoms with E-state index < -0.39 is 0 Å². The van der Waals surface area contributed by atoms with Crippen molar-refractivity contribution in [2.75, 3.05) is 31.1 Å². The number of rotatable bonds is 1. The molecule has 0 unspecified atom stereocenters. The van der Waals surface area contributed by atoms with Gasteiger partial charge in [-0.3, -0.25) is 0 Å². The largest absolute Gasteiger partial charge is 0.354 e. The van der Waals surface area contributed by atoms with Crippen LogP contribution < -0.4 is 10.2 Å². The van der Waals surface area contributed by atoms with Crippen LogP contribution in [0.5, 0.6) is 0 Å². The molecule has 1 fully saturated rings. The molecule has 0 bridgehead atoms. The van der Waals surface area contributed by atoms with E-state index in [0.29, 0.717) is 5.58 Å². The fraction of sp³-hybridized carbons (Fsp3) is 0.364. The summed E-state index contributed by atoms with van der Waals surface area (Å²) in [6.07, 6.45) is 0. The van der Waals surface area contributed by atoms with Crippen LogP contribution in [-0.4, -0.2) is 31.3 Å². The first-order valence-corrected chi connectivity index (χ1v) is 5.35. The van der Waals surface area contributed by atoms with Crippen LogP contribution in [0.3, 0.4) is 0 Å². The molecule has 0 amide bonds. The lowest BCUT2D eigenvalue weighted by Crippen LogP contribution is -2.43. The maximum absolute atomic E-state index is 13.2. The SMILES string of the molecule is Fc1ccc2onc(N3CCNCC3)c2c1. The smallest absolute Gasteiger partial charge is 0.180 e. The second-order valence-corrected chi connectivity index (χ2v) is 3.88. The topological polar surface area (TPSA) is 41.3 Å². The van der Waals surface area contributed by atoms with Gasteiger partial charge < -0.3 is 14.7 Å². The Morgan fingerprint density at radius 3 is 2.94 bits per heavy atom. The molecule has 0 radical (unpaired) electrons. The zero-order chi connectivity index (χ0) is 11.0. The first kappa shape index (κ1) is 9.59. The van der Waals surface area contributed by atoms with Gasteiger partial charge in [0.15, 0.2) is 11.4 Å². The third-order valence-corrected chi connectivity index (χ3v) is 2.83. The lowest BCUT2D eigenvalue weighted by Gasteiger charge is -2.26. The van der Waals surface area contributed by atoms with Crippen molar-refractivity contribution in [2.24, 2.45) is 0 Å². The predicted octanol–water partition coefficient (Wildman–Crippen LogP) is 1.38. The number of nitrogens with one attached hydrogen (secondary N) is 1. The average Bonchev–Trinajstić information content (AvgIpc) is 2.73. The highest BCUT2D eigenvalue weighted by atomic mass is 19.1. The Morgan fingerprint density at radius 1 is 1.31 bits per heavy atom. The van der Waals surface area contributed by atoms with Gasteiger partial charge in [-0.15, -0.1) is 0 Å². The van der Waals surface area contributed by atoms with Crippen LogP contribution in [0.15, 0.2) is 22.7 Å². The van der Waals surface area contributed by atoms with Gasteiger partial charge in [-0.2, -0.15) is 0 Å². The van der Waals surface area contributed by atoms with Crippen LogP contribution in [-0.2, 0) is 0 Å². The first-order valence-electron chi connectivity index (χ1n) is 5.35. The van der Waals surface area contributed by atoms with Gasteiger partial charge in [0.2, 0.25) is 0 Å². The number of fused-ring (bicyclic) bond motifs is 1. The van der Waals surface area contributed by atoms with E-state index in [1.54, 1.807) is 6.07 Å². The van der Waals surface area contributed by atoms with E-state index in [1.165, 1.54) is 12.1 Å². The van der Waals surface area contributed by atoms with Crippen LogP contribution in [0, 0.1) is 5.82 Å². The summed E-state index contributed by atoms with van der Waals surface area (Å²) >= 11 is 0. The van der Waals surface area contributed by atoms with Crippen molar-refractivity contribution >= 4 is 16.8 Å². The Morgan fingerprint density at radius 2 is 2.12 bits per heavy atom. The molecular formula is C11H12FN3O. The maximum atomic E-state index is 13.2. The number of halogens is 1. The lowest BCUT2D eigenvalue weighted by molar-refractivity contribution is 0.450. The first-order chi connectivity index (χ1) is 7.84. The number of hydrogen-bond acceptors (Lipinski definition) is 4. The molecular weight excluding hydrogens is 209 g/mol. The number of piperazine rings is 1. The molecule has 0 saturated carbocycles. The zero-order valence-electron chi connectivity index (χ0n) is 8.74. The summed E-state index contributed by atoms with van der Waals surface area (Å²) in [4.78, 5) is 2.11. The molecule has 1 aromatic carbocycles. The fourth-order valence-electron chi connectivity index (χ4n) is 2.00. The highest BCUT2D eigenvalue weighted by Crippen LogP contribution is 2.26. The third-order valence-electron chi connectivity index (χ3n) is 2.83. The van der Waals surface area contributed by atoms with Crippen molar-refractivity contribution in [1.82, 2.24) is 10.5 Å². The molecule has 1 N–H and O–H groups in total. The van der Waals surface area contributed by atoms with Crippen molar-refractivity contribution in [3.05, 3.63) is 24.0 Å². The Balaban J connectivity index is 2.05. The highest BCUT2D eigenvalue weighted by molar-refractivity contribution is 5.88. The molecule has 1 aliphatic rings. The zero-order valence-corrected chi connectivity index (χ0v) is 8.74. The Labute approximate surface area is 92.0 Å². The monoisotopic (exact) mass is 221 g/mol. The summed E-state index contributed by atoms with van der Waals surface area (Å²) in [6, 6.07) is 4.47. The van der Waals surface area contributed by atoms with Crippen molar-refractivity contribution in [1.29, 1.82) is 0 Å². The summed E-state index contributed by atoms with van der Waals surface area (Å²) in [5.41, 5.74) is 0.634. The molecule has 84 valence electrons. The van der Waals surface area contributed by atoms with E-state index >= 15 is 0 Å². The number of benzene rings is 1. The molecule has 4 nitrogen and oxygen atoms in total. The van der Waals surface area contributed by atoms with Crippen molar-refractivity contribution in [3.8, 4) is 0 Å².